The molecule has 6 rings (SSSR count). The van der Waals surface area contributed by atoms with E-state index in [1.807, 2.05) is 37.3 Å². The van der Waals surface area contributed by atoms with Gasteiger partial charge in [0.05, 0.1) is 30.0 Å². The molecule has 0 aliphatic heterocycles. The first-order valence-electron chi connectivity index (χ1n) is 14.5. The number of carbonyl (C=O) groups is 2. The van der Waals surface area contributed by atoms with Crippen LogP contribution in [0.2, 0.25) is 0 Å². The summed E-state index contributed by atoms with van der Waals surface area (Å²) in [6, 6.07) is 9.80. The lowest BCUT2D eigenvalue weighted by atomic mass is 9.59. The Morgan fingerprint density at radius 3 is 2.51 bits per heavy atom. The molecule has 1 aromatic heterocycles. The molecule has 1 heterocycles. The number of Topliss-reactive ketones (excluding diaryl/α,β-unsaturated/α-hetero) is 1. The van der Waals surface area contributed by atoms with Crippen LogP contribution in [0.25, 0.3) is 0 Å². The fourth-order valence-electron chi connectivity index (χ4n) is 8.66. The van der Waals surface area contributed by atoms with Crippen LogP contribution < -0.4 is 0 Å². The first-order valence-corrected chi connectivity index (χ1v) is 14.5. The van der Waals surface area contributed by atoms with Gasteiger partial charge in [0.15, 0.2) is 17.5 Å². The number of ether oxygens (including phenoxy) is 1. The zero-order chi connectivity index (χ0) is 29.6. The van der Waals surface area contributed by atoms with Crippen LogP contribution in [-0.2, 0) is 16.1 Å². The van der Waals surface area contributed by atoms with Gasteiger partial charge in [-0.25, -0.2) is 4.79 Å². The van der Waals surface area contributed by atoms with Gasteiger partial charge in [0.1, 0.15) is 11.7 Å². The monoisotopic (exact) mass is 560 g/mol. The van der Waals surface area contributed by atoms with Crippen LogP contribution in [0, 0.1) is 48.3 Å². The first kappa shape index (κ1) is 28.1. The topological polar surface area (TPSA) is 122 Å². The summed E-state index contributed by atoms with van der Waals surface area (Å²) in [7, 11) is 0. The quantitative estimate of drug-likeness (QED) is 0.378. The predicted octanol–water partition coefficient (Wildman–Crippen LogP) is 3.54. The summed E-state index contributed by atoms with van der Waals surface area (Å²) in [6.07, 6.45) is 1.24. The highest BCUT2D eigenvalue weighted by molar-refractivity contribution is 5.96. The number of aromatic nitrogens is 2. The first-order chi connectivity index (χ1) is 19.3. The fourth-order valence-corrected chi connectivity index (χ4v) is 8.66. The van der Waals surface area contributed by atoms with Gasteiger partial charge < -0.3 is 20.1 Å². The summed E-state index contributed by atoms with van der Waals surface area (Å²) in [6.45, 7) is 11.5. The molecule has 0 radical (unpaired) electrons. The lowest BCUT2D eigenvalue weighted by Crippen LogP contribution is -2.65. The Balaban J connectivity index is 1.39. The third kappa shape index (κ3) is 3.66. The molecule has 2 bridgehead atoms. The Morgan fingerprint density at radius 1 is 1.17 bits per heavy atom. The van der Waals surface area contributed by atoms with Crippen LogP contribution in [0.1, 0.15) is 61.4 Å². The maximum Gasteiger partial charge on any atom is 0.342 e. The van der Waals surface area contributed by atoms with Gasteiger partial charge in [-0.3, -0.25) is 9.48 Å². The number of fused-ring (bicyclic) bond motifs is 3. The van der Waals surface area contributed by atoms with E-state index in [4.69, 9.17) is 4.74 Å². The summed E-state index contributed by atoms with van der Waals surface area (Å²) >= 11 is 0. The largest absolute Gasteiger partial charge is 0.451 e. The average molecular weight is 561 g/mol. The van der Waals surface area contributed by atoms with Crippen molar-refractivity contribution in [3.63, 3.8) is 0 Å². The number of carbonyl (C=O) groups excluding carboxylic acids is 2. The molecule has 2 unspecified atom stereocenters. The zero-order valence-corrected chi connectivity index (χ0v) is 24.6. The lowest BCUT2D eigenvalue weighted by Gasteiger charge is -2.48. The van der Waals surface area contributed by atoms with Crippen LogP contribution in [0.4, 0.5) is 0 Å². The van der Waals surface area contributed by atoms with Crippen molar-refractivity contribution in [2.24, 2.45) is 34.5 Å². The predicted molar refractivity (Wildman–Crippen MR) is 152 cm³/mol. The number of hydrogen-bond donors (Lipinski definition) is 3. The Labute approximate surface area is 240 Å². The van der Waals surface area contributed by atoms with Gasteiger partial charge in [-0.05, 0) is 67.1 Å². The number of allylic oxidation sites excluding steroid dienone is 1. The van der Waals surface area contributed by atoms with Crippen LogP contribution in [0.15, 0.2) is 53.6 Å². The number of esters is 1. The maximum absolute atomic E-state index is 14.5. The molecule has 2 saturated carbocycles. The SMILES string of the molecule is CC1=CC23C(=O)[C@@H](C=C(CO)[C@@H](O)[C@]2(O)[C@H]1OC(=O)c1c(C)nn(Cc2ccccc2)c1C)[C@H]1[C@@H](CC3C)C1(C)C. The van der Waals surface area contributed by atoms with E-state index in [1.165, 1.54) is 0 Å². The Morgan fingerprint density at radius 2 is 1.85 bits per heavy atom. The average Bonchev–Trinajstić information content (AvgIpc) is 3.27. The Hall–Kier alpha value is -3.07. The molecule has 2 aromatic rings. The van der Waals surface area contributed by atoms with Gasteiger partial charge in [-0.15, -0.1) is 0 Å². The molecule has 3 N–H and O–H groups in total. The summed E-state index contributed by atoms with van der Waals surface area (Å²) in [4.78, 5) is 28.4. The molecule has 41 heavy (non-hydrogen) atoms. The molecular formula is C33H40N2O6. The van der Waals surface area contributed by atoms with Crippen molar-refractivity contribution in [2.45, 2.75) is 72.3 Å². The highest BCUT2D eigenvalue weighted by Crippen LogP contribution is 2.71. The molecule has 8 nitrogen and oxygen atoms in total. The second-order valence-electron chi connectivity index (χ2n) is 13.3. The van der Waals surface area contributed by atoms with Gasteiger partial charge in [-0.1, -0.05) is 63.3 Å². The van der Waals surface area contributed by atoms with Crippen molar-refractivity contribution >= 4 is 11.8 Å². The number of rotatable bonds is 5. The van der Waals surface area contributed by atoms with E-state index in [1.54, 1.807) is 37.6 Å². The van der Waals surface area contributed by atoms with Crippen molar-refractivity contribution in [1.82, 2.24) is 9.78 Å². The van der Waals surface area contributed by atoms with Crippen molar-refractivity contribution in [3.8, 4) is 0 Å². The number of ketones is 1. The molecule has 4 aliphatic rings. The molecule has 8 heteroatoms. The summed E-state index contributed by atoms with van der Waals surface area (Å²) < 4.78 is 7.84. The molecule has 4 aliphatic carbocycles. The van der Waals surface area contributed by atoms with Gasteiger partial charge >= 0.3 is 5.97 Å². The molecule has 8 atom stereocenters. The van der Waals surface area contributed by atoms with Crippen LogP contribution in [0.5, 0.6) is 0 Å². The lowest BCUT2D eigenvalue weighted by molar-refractivity contribution is -0.190. The van der Waals surface area contributed by atoms with Crippen LogP contribution in [-0.4, -0.2) is 61.3 Å². The van der Waals surface area contributed by atoms with E-state index >= 15 is 0 Å². The highest BCUT2D eigenvalue weighted by Gasteiger charge is 2.76. The smallest absolute Gasteiger partial charge is 0.342 e. The highest BCUT2D eigenvalue weighted by atomic mass is 16.6. The van der Waals surface area contributed by atoms with Crippen molar-refractivity contribution in [2.75, 3.05) is 6.61 Å². The molecule has 0 amide bonds. The normalized spacial score (nSPS) is 36.9. The summed E-state index contributed by atoms with van der Waals surface area (Å²) in [5, 5.41) is 39.3. The van der Waals surface area contributed by atoms with Gasteiger partial charge in [0.25, 0.3) is 0 Å². The molecule has 2 fully saturated rings. The number of benzene rings is 1. The van der Waals surface area contributed by atoms with E-state index in [9.17, 15) is 24.9 Å². The molecule has 218 valence electrons. The minimum atomic E-state index is -2.17. The third-order valence-electron chi connectivity index (χ3n) is 10.9. The second kappa shape index (κ2) is 9.21. The van der Waals surface area contributed by atoms with Gasteiger partial charge in [0, 0.05) is 5.92 Å². The van der Waals surface area contributed by atoms with E-state index in [2.05, 4.69) is 18.9 Å². The van der Waals surface area contributed by atoms with Gasteiger partial charge in [0.2, 0.25) is 0 Å². The second-order valence-corrected chi connectivity index (χ2v) is 13.3. The molecule has 1 spiro atoms. The summed E-state index contributed by atoms with van der Waals surface area (Å²) in [5.74, 6) is -1.39. The third-order valence-corrected chi connectivity index (χ3v) is 10.9. The van der Waals surface area contributed by atoms with Crippen molar-refractivity contribution in [1.29, 1.82) is 0 Å². The molecular weight excluding hydrogens is 520 g/mol. The Bertz CT molecular complexity index is 1490. The van der Waals surface area contributed by atoms with Crippen molar-refractivity contribution in [3.05, 3.63) is 76.1 Å². The summed E-state index contributed by atoms with van der Waals surface area (Å²) in [5.41, 5.74) is -0.556. The standard InChI is InChI=1S/C33H40N2O6/c1-17-14-32-18(2)12-24-26(31(24,5)6)23(28(32)38)13-22(16-36)27(37)33(32,40)29(17)41-30(39)25-19(3)34-35(20(25)4)15-21-10-8-7-9-11-21/h7-11,13-14,18,23-24,26-27,29,36-37,40H,12,15-16H2,1-6H3/t18?,23-,24+,26-,27+,29-,32?,33-/m0/s1. The van der Waals surface area contributed by atoms with E-state index in [0.29, 0.717) is 35.5 Å². The number of aryl methyl sites for hydroxylation is 1. The van der Waals surface area contributed by atoms with E-state index < -0.39 is 41.7 Å². The maximum atomic E-state index is 14.5. The van der Waals surface area contributed by atoms with Gasteiger partial charge in [-0.2, -0.15) is 5.10 Å². The number of nitrogens with zero attached hydrogens (tertiary/aromatic N) is 2. The number of aliphatic hydroxyl groups excluding tert-OH is 2. The van der Waals surface area contributed by atoms with Crippen molar-refractivity contribution < 1.29 is 29.6 Å². The fraction of sp³-hybridized carbons (Fsp3) is 0.545. The molecule has 1 aromatic carbocycles. The minimum absolute atomic E-state index is 0.0567. The van der Waals surface area contributed by atoms with E-state index in [0.717, 1.165) is 5.56 Å². The zero-order valence-electron chi connectivity index (χ0n) is 24.6. The minimum Gasteiger partial charge on any atom is -0.451 e. The Kier molecular flexibility index (Phi) is 6.31. The van der Waals surface area contributed by atoms with Crippen LogP contribution >= 0.6 is 0 Å². The van der Waals surface area contributed by atoms with E-state index in [-0.39, 0.29) is 34.5 Å². The number of aliphatic hydroxyl groups is 3. The molecule has 0 saturated heterocycles. The number of hydrogen-bond acceptors (Lipinski definition) is 7. The van der Waals surface area contributed by atoms with Crippen LogP contribution in [0.3, 0.4) is 0 Å².